The molecular formula is C11H21N2O+. The van der Waals surface area contributed by atoms with Crippen molar-refractivity contribution in [1.29, 1.82) is 0 Å². The Morgan fingerprint density at radius 2 is 2.21 bits per heavy atom. The second kappa shape index (κ2) is 6.60. The van der Waals surface area contributed by atoms with Gasteiger partial charge in [0.25, 0.3) is 5.82 Å². The Bertz CT molecular complexity index is 245. The Balaban J connectivity index is 2.17. The summed E-state index contributed by atoms with van der Waals surface area (Å²) in [5, 5.41) is 0. The third-order valence-electron chi connectivity index (χ3n) is 2.22. The zero-order valence-electron chi connectivity index (χ0n) is 9.25. The average Bonchev–Trinajstić information content (AvgIpc) is 2.65. The maximum absolute atomic E-state index is 5.43. The van der Waals surface area contributed by atoms with Crippen molar-refractivity contribution in [2.75, 3.05) is 13.2 Å². The minimum absolute atomic E-state index is 0.870. The molecule has 0 bridgehead atoms. The molecule has 0 fully saturated rings. The van der Waals surface area contributed by atoms with E-state index in [4.69, 9.17) is 4.74 Å². The molecule has 0 spiro atoms. The first-order valence-electron chi connectivity index (χ1n) is 5.52. The molecule has 0 aromatic carbocycles. The molecular weight excluding hydrogens is 176 g/mol. The summed E-state index contributed by atoms with van der Waals surface area (Å²) < 4.78 is 7.69. The molecule has 0 radical (unpaired) electrons. The summed E-state index contributed by atoms with van der Waals surface area (Å²) in [6.07, 6.45) is 7.35. The summed E-state index contributed by atoms with van der Waals surface area (Å²) in [4.78, 5) is 3.23. The lowest BCUT2D eigenvalue weighted by Gasteiger charge is -2.01. The van der Waals surface area contributed by atoms with Crippen molar-refractivity contribution in [1.82, 2.24) is 4.98 Å². The number of aryl methyl sites for hydroxylation is 2. The zero-order valence-corrected chi connectivity index (χ0v) is 9.25. The van der Waals surface area contributed by atoms with E-state index in [1.54, 1.807) is 0 Å². The Morgan fingerprint density at radius 3 is 2.93 bits per heavy atom. The largest absolute Gasteiger partial charge is 0.381 e. The van der Waals surface area contributed by atoms with Crippen LogP contribution >= 0.6 is 0 Å². The summed E-state index contributed by atoms with van der Waals surface area (Å²) >= 11 is 0. The van der Waals surface area contributed by atoms with Crippen molar-refractivity contribution in [3.8, 4) is 0 Å². The normalized spacial score (nSPS) is 10.7. The number of ether oxygens (including phenoxy) is 1. The lowest BCUT2D eigenvalue weighted by atomic mass is 10.4. The van der Waals surface area contributed by atoms with E-state index in [2.05, 4.69) is 29.6 Å². The molecule has 80 valence electrons. The quantitative estimate of drug-likeness (QED) is 0.523. The number of imidazole rings is 1. The standard InChI is InChI=1S/C11H20N2O/c1-3-9-14-10-5-7-13-8-6-12-11(13)4-2/h6,8H,3-5,7,9-10H2,1-2H3/p+1. The van der Waals surface area contributed by atoms with Crippen LogP contribution < -0.4 is 4.57 Å². The number of nitrogens with one attached hydrogen (secondary N) is 1. The maximum Gasteiger partial charge on any atom is 0.253 e. The predicted molar refractivity (Wildman–Crippen MR) is 56.1 cm³/mol. The minimum Gasteiger partial charge on any atom is -0.381 e. The van der Waals surface area contributed by atoms with Crippen molar-refractivity contribution in [2.45, 2.75) is 39.7 Å². The van der Waals surface area contributed by atoms with E-state index in [0.717, 1.165) is 39.0 Å². The van der Waals surface area contributed by atoms with Crippen LogP contribution in [0.15, 0.2) is 12.4 Å². The van der Waals surface area contributed by atoms with Crippen LogP contribution in [0.25, 0.3) is 0 Å². The van der Waals surface area contributed by atoms with Crippen LogP contribution in [-0.4, -0.2) is 18.2 Å². The van der Waals surface area contributed by atoms with Gasteiger partial charge in [-0.25, -0.2) is 9.55 Å². The van der Waals surface area contributed by atoms with Crippen LogP contribution in [0, 0.1) is 0 Å². The van der Waals surface area contributed by atoms with Crippen LogP contribution in [0.2, 0.25) is 0 Å². The molecule has 0 aliphatic rings. The fraction of sp³-hybridized carbons (Fsp3) is 0.727. The summed E-state index contributed by atoms with van der Waals surface area (Å²) in [5.41, 5.74) is 0. The molecule has 1 rings (SSSR count). The lowest BCUT2D eigenvalue weighted by Crippen LogP contribution is -2.36. The van der Waals surface area contributed by atoms with E-state index >= 15 is 0 Å². The third-order valence-corrected chi connectivity index (χ3v) is 2.22. The zero-order chi connectivity index (χ0) is 10.2. The number of hydrogen-bond donors (Lipinski definition) is 1. The molecule has 1 N–H and O–H groups in total. The molecule has 0 saturated heterocycles. The van der Waals surface area contributed by atoms with Crippen LogP contribution in [0.1, 0.15) is 32.5 Å². The highest BCUT2D eigenvalue weighted by Gasteiger charge is 2.06. The first-order valence-corrected chi connectivity index (χ1v) is 5.52. The molecule has 3 heteroatoms. The van der Waals surface area contributed by atoms with Gasteiger partial charge in [-0.05, 0) is 6.42 Å². The molecule has 0 unspecified atom stereocenters. The van der Waals surface area contributed by atoms with Crippen LogP contribution in [-0.2, 0) is 17.7 Å². The number of aromatic amines is 1. The highest BCUT2D eigenvalue weighted by Crippen LogP contribution is 1.90. The van der Waals surface area contributed by atoms with Crippen molar-refractivity contribution in [2.24, 2.45) is 0 Å². The average molecular weight is 197 g/mol. The Morgan fingerprint density at radius 1 is 1.36 bits per heavy atom. The fourth-order valence-corrected chi connectivity index (χ4v) is 1.49. The third kappa shape index (κ3) is 3.50. The molecule has 0 aliphatic carbocycles. The van der Waals surface area contributed by atoms with Gasteiger partial charge in [-0.15, -0.1) is 0 Å². The van der Waals surface area contributed by atoms with Crippen LogP contribution in [0.4, 0.5) is 0 Å². The minimum atomic E-state index is 0.870. The van der Waals surface area contributed by atoms with Crippen molar-refractivity contribution in [3.05, 3.63) is 18.2 Å². The van der Waals surface area contributed by atoms with Gasteiger partial charge in [-0.1, -0.05) is 13.8 Å². The van der Waals surface area contributed by atoms with Gasteiger partial charge in [0, 0.05) is 19.4 Å². The molecule has 1 heterocycles. The maximum atomic E-state index is 5.43. The van der Waals surface area contributed by atoms with Crippen molar-refractivity contribution >= 4 is 0 Å². The van der Waals surface area contributed by atoms with Crippen LogP contribution in [0.5, 0.6) is 0 Å². The van der Waals surface area contributed by atoms with Crippen LogP contribution in [0.3, 0.4) is 0 Å². The van der Waals surface area contributed by atoms with Gasteiger partial charge < -0.3 is 4.74 Å². The topological polar surface area (TPSA) is 28.9 Å². The van der Waals surface area contributed by atoms with E-state index in [9.17, 15) is 0 Å². The molecule has 1 aromatic heterocycles. The number of nitrogens with zero attached hydrogens (tertiary/aromatic N) is 1. The first-order chi connectivity index (χ1) is 6.88. The fourth-order valence-electron chi connectivity index (χ4n) is 1.49. The van der Waals surface area contributed by atoms with Crippen molar-refractivity contribution in [3.63, 3.8) is 0 Å². The van der Waals surface area contributed by atoms with Crippen molar-refractivity contribution < 1.29 is 9.30 Å². The smallest absolute Gasteiger partial charge is 0.253 e. The van der Waals surface area contributed by atoms with Gasteiger partial charge in [0.2, 0.25) is 0 Å². The molecule has 0 saturated carbocycles. The van der Waals surface area contributed by atoms with E-state index < -0.39 is 0 Å². The van der Waals surface area contributed by atoms with Gasteiger partial charge in [0.1, 0.15) is 12.4 Å². The predicted octanol–water partition coefficient (Wildman–Crippen LogP) is 1.68. The van der Waals surface area contributed by atoms with E-state index in [1.165, 1.54) is 5.82 Å². The Labute approximate surface area is 86.1 Å². The summed E-state index contributed by atoms with van der Waals surface area (Å²) in [6.45, 7) is 7.11. The summed E-state index contributed by atoms with van der Waals surface area (Å²) in [5.74, 6) is 1.29. The van der Waals surface area contributed by atoms with E-state index in [0.29, 0.717) is 0 Å². The molecule has 14 heavy (non-hydrogen) atoms. The van der Waals surface area contributed by atoms with Gasteiger partial charge in [0.15, 0.2) is 0 Å². The molecule has 0 amide bonds. The summed E-state index contributed by atoms with van der Waals surface area (Å²) in [6, 6.07) is 0. The van der Waals surface area contributed by atoms with E-state index in [1.807, 2.05) is 6.20 Å². The molecule has 3 nitrogen and oxygen atoms in total. The summed E-state index contributed by atoms with van der Waals surface area (Å²) in [7, 11) is 0. The number of H-pyrrole nitrogens is 1. The second-order valence-electron chi connectivity index (χ2n) is 3.42. The lowest BCUT2D eigenvalue weighted by molar-refractivity contribution is -0.703. The van der Waals surface area contributed by atoms with Gasteiger partial charge >= 0.3 is 0 Å². The Hall–Kier alpha value is -0.830. The number of rotatable bonds is 7. The molecule has 0 atom stereocenters. The highest BCUT2D eigenvalue weighted by molar-refractivity contribution is 4.75. The number of aromatic nitrogens is 2. The highest BCUT2D eigenvalue weighted by atomic mass is 16.5. The SMILES string of the molecule is CCCOCCC[n+]1cc[nH]c1CC. The Kier molecular flexibility index (Phi) is 5.30. The van der Waals surface area contributed by atoms with Gasteiger partial charge in [-0.3, -0.25) is 0 Å². The van der Waals surface area contributed by atoms with Gasteiger partial charge in [-0.2, -0.15) is 0 Å². The monoisotopic (exact) mass is 197 g/mol. The number of hydrogen-bond acceptors (Lipinski definition) is 1. The first kappa shape index (κ1) is 11.2. The molecule has 0 aliphatic heterocycles. The van der Waals surface area contributed by atoms with E-state index in [-0.39, 0.29) is 0 Å². The van der Waals surface area contributed by atoms with Gasteiger partial charge in [0.05, 0.1) is 13.2 Å². The second-order valence-corrected chi connectivity index (χ2v) is 3.42. The molecule has 1 aromatic rings.